The standard InChI is InChI=1S/C25H29N3O3.H2/c1-2-31-25(30)26-19-10-9-18-8-7-17-5-3-4-6-22(17)28(23(18)15-19)24(29)16-27-20-11-12-21(27)14-13-20;/h3-6,9-10,15,20-21H,2,7-8,11-14,16H2,1H3,(H,26,30);1H. The second-order valence-corrected chi connectivity index (χ2v) is 8.68. The molecule has 3 heterocycles. The third-order valence-electron chi connectivity index (χ3n) is 6.92. The summed E-state index contributed by atoms with van der Waals surface area (Å²) in [5.74, 6) is 0.0997. The number of ether oxygens (including phenoxy) is 1. The van der Waals surface area contributed by atoms with Gasteiger partial charge in [0, 0.05) is 19.2 Å². The van der Waals surface area contributed by atoms with E-state index in [1.165, 1.54) is 31.2 Å². The van der Waals surface area contributed by atoms with Crippen LogP contribution in [-0.2, 0) is 22.4 Å². The fourth-order valence-electron chi connectivity index (χ4n) is 5.46. The van der Waals surface area contributed by atoms with Crippen LogP contribution in [0.5, 0.6) is 0 Å². The number of nitrogens with one attached hydrogen (secondary N) is 1. The Morgan fingerprint density at radius 2 is 1.68 bits per heavy atom. The van der Waals surface area contributed by atoms with Crippen molar-refractivity contribution >= 4 is 29.1 Å². The number of para-hydroxylation sites is 1. The Hall–Kier alpha value is -2.86. The Morgan fingerprint density at radius 1 is 1.00 bits per heavy atom. The molecule has 0 spiro atoms. The molecule has 31 heavy (non-hydrogen) atoms. The molecule has 0 atom stereocenters. The third-order valence-corrected chi connectivity index (χ3v) is 6.92. The number of carbonyl (C=O) groups excluding carboxylic acids is 2. The van der Waals surface area contributed by atoms with Gasteiger partial charge in [-0.25, -0.2) is 4.79 Å². The van der Waals surface area contributed by atoms with Crippen LogP contribution in [-0.4, -0.2) is 42.1 Å². The highest BCUT2D eigenvalue weighted by molar-refractivity contribution is 6.04. The van der Waals surface area contributed by atoms with Crippen LogP contribution < -0.4 is 10.2 Å². The van der Waals surface area contributed by atoms with Gasteiger partial charge in [-0.05, 0) is 74.8 Å². The first-order valence-corrected chi connectivity index (χ1v) is 11.4. The van der Waals surface area contributed by atoms with E-state index >= 15 is 0 Å². The SMILES string of the molecule is CCOC(=O)Nc1ccc2c(c1)N(C(=O)CN1C3CCC1CC3)c1ccccc1CC2.[HH]. The highest BCUT2D eigenvalue weighted by Crippen LogP contribution is 2.40. The molecular weight excluding hydrogens is 390 g/mol. The number of hydrogen-bond acceptors (Lipinski definition) is 4. The predicted octanol–water partition coefficient (Wildman–Crippen LogP) is 4.89. The molecule has 1 N–H and O–H groups in total. The van der Waals surface area contributed by atoms with Gasteiger partial charge in [-0.1, -0.05) is 24.3 Å². The molecule has 3 aliphatic heterocycles. The van der Waals surface area contributed by atoms with Gasteiger partial charge >= 0.3 is 6.09 Å². The molecule has 0 unspecified atom stereocenters. The van der Waals surface area contributed by atoms with E-state index in [9.17, 15) is 9.59 Å². The summed E-state index contributed by atoms with van der Waals surface area (Å²) in [4.78, 5) is 30.0. The highest BCUT2D eigenvalue weighted by Gasteiger charge is 2.41. The number of amides is 2. The summed E-state index contributed by atoms with van der Waals surface area (Å²) in [5.41, 5.74) is 4.73. The molecule has 0 saturated carbocycles. The maximum absolute atomic E-state index is 13.8. The average Bonchev–Trinajstić information content (AvgIpc) is 3.27. The van der Waals surface area contributed by atoms with E-state index < -0.39 is 6.09 Å². The molecule has 2 aromatic carbocycles. The Bertz CT molecular complexity index is 992. The lowest BCUT2D eigenvalue weighted by atomic mass is 10.0. The monoisotopic (exact) mass is 421 g/mol. The molecule has 0 radical (unpaired) electrons. The van der Waals surface area contributed by atoms with Gasteiger partial charge in [0.25, 0.3) is 0 Å². The number of aryl methyl sites for hydroxylation is 2. The summed E-state index contributed by atoms with van der Waals surface area (Å²) in [7, 11) is 0. The maximum Gasteiger partial charge on any atom is 0.411 e. The minimum Gasteiger partial charge on any atom is -0.450 e. The van der Waals surface area contributed by atoms with Gasteiger partial charge in [0.05, 0.1) is 24.5 Å². The Kier molecular flexibility index (Phi) is 5.40. The van der Waals surface area contributed by atoms with Crippen LogP contribution in [0.1, 0.15) is 45.2 Å². The first-order chi connectivity index (χ1) is 15.1. The Morgan fingerprint density at radius 3 is 2.39 bits per heavy atom. The molecule has 2 fully saturated rings. The van der Waals surface area contributed by atoms with E-state index in [0.717, 1.165) is 29.8 Å². The minimum atomic E-state index is -0.483. The lowest BCUT2D eigenvalue weighted by Gasteiger charge is -2.29. The van der Waals surface area contributed by atoms with Gasteiger partial charge < -0.3 is 4.74 Å². The average molecular weight is 422 g/mol. The van der Waals surface area contributed by atoms with Gasteiger partial charge in [0.1, 0.15) is 0 Å². The van der Waals surface area contributed by atoms with E-state index in [4.69, 9.17) is 4.74 Å². The molecule has 0 aromatic heterocycles. The molecule has 2 bridgehead atoms. The fraction of sp³-hybridized carbons (Fsp3) is 0.440. The van der Waals surface area contributed by atoms with Crippen molar-refractivity contribution in [3.63, 3.8) is 0 Å². The normalized spacial score (nSPS) is 21.9. The summed E-state index contributed by atoms with van der Waals surface area (Å²) < 4.78 is 5.03. The lowest BCUT2D eigenvalue weighted by molar-refractivity contribution is -0.119. The van der Waals surface area contributed by atoms with E-state index in [1.54, 1.807) is 6.92 Å². The summed E-state index contributed by atoms with van der Waals surface area (Å²) >= 11 is 0. The van der Waals surface area contributed by atoms with Gasteiger partial charge in [0.15, 0.2) is 0 Å². The predicted molar refractivity (Wildman–Crippen MR) is 123 cm³/mol. The van der Waals surface area contributed by atoms with Crippen molar-refractivity contribution in [2.75, 3.05) is 23.4 Å². The lowest BCUT2D eigenvalue weighted by Crippen LogP contribution is -2.40. The van der Waals surface area contributed by atoms with Crippen LogP contribution in [0.25, 0.3) is 0 Å². The molecule has 0 aliphatic carbocycles. The molecular formula is C25H31N3O3. The number of fused-ring (bicyclic) bond motifs is 4. The van der Waals surface area contributed by atoms with Crippen molar-refractivity contribution in [3.8, 4) is 0 Å². The largest absolute Gasteiger partial charge is 0.450 e. The second kappa shape index (κ2) is 8.35. The summed E-state index contributed by atoms with van der Waals surface area (Å²) in [5, 5.41) is 2.78. The summed E-state index contributed by atoms with van der Waals surface area (Å²) in [6.07, 6.45) is 6.08. The van der Waals surface area contributed by atoms with E-state index in [0.29, 0.717) is 30.9 Å². The minimum absolute atomic E-state index is 0. The van der Waals surface area contributed by atoms with E-state index in [-0.39, 0.29) is 7.33 Å². The van der Waals surface area contributed by atoms with Crippen molar-refractivity contribution in [2.24, 2.45) is 0 Å². The van der Waals surface area contributed by atoms with Crippen LogP contribution in [0.3, 0.4) is 0 Å². The fourth-order valence-corrected chi connectivity index (χ4v) is 5.46. The van der Waals surface area contributed by atoms with Crippen LogP contribution in [0.2, 0.25) is 0 Å². The number of rotatable bonds is 4. The van der Waals surface area contributed by atoms with Crippen molar-refractivity contribution < 1.29 is 15.8 Å². The van der Waals surface area contributed by atoms with Crippen molar-refractivity contribution in [1.82, 2.24) is 4.90 Å². The summed E-state index contributed by atoms with van der Waals surface area (Å²) in [6, 6.07) is 15.1. The number of carbonyl (C=O) groups is 2. The smallest absolute Gasteiger partial charge is 0.411 e. The Labute approximate surface area is 184 Å². The van der Waals surface area contributed by atoms with E-state index in [2.05, 4.69) is 16.3 Å². The van der Waals surface area contributed by atoms with Gasteiger partial charge in [-0.3, -0.25) is 19.9 Å². The number of benzene rings is 2. The van der Waals surface area contributed by atoms with E-state index in [1.807, 2.05) is 41.3 Å². The Balaban J connectivity index is 0.00000245. The highest BCUT2D eigenvalue weighted by atomic mass is 16.5. The first kappa shape index (κ1) is 20.1. The summed E-state index contributed by atoms with van der Waals surface area (Å²) in [6.45, 7) is 2.53. The van der Waals surface area contributed by atoms with Crippen molar-refractivity contribution in [1.29, 1.82) is 0 Å². The van der Waals surface area contributed by atoms with Gasteiger partial charge in [0.2, 0.25) is 5.91 Å². The van der Waals surface area contributed by atoms with Crippen LogP contribution in [0, 0.1) is 0 Å². The van der Waals surface area contributed by atoms with Gasteiger partial charge in [-0.2, -0.15) is 0 Å². The third kappa shape index (κ3) is 3.81. The molecule has 6 nitrogen and oxygen atoms in total. The number of nitrogens with zero attached hydrogens (tertiary/aromatic N) is 2. The van der Waals surface area contributed by atoms with Gasteiger partial charge in [-0.15, -0.1) is 0 Å². The van der Waals surface area contributed by atoms with Crippen LogP contribution in [0.4, 0.5) is 21.9 Å². The van der Waals surface area contributed by atoms with Crippen LogP contribution in [0.15, 0.2) is 42.5 Å². The number of hydrogen-bond donors (Lipinski definition) is 1. The zero-order valence-electron chi connectivity index (χ0n) is 18.0. The molecule has 2 aromatic rings. The zero-order chi connectivity index (χ0) is 21.4. The molecule has 3 aliphatic rings. The van der Waals surface area contributed by atoms with Crippen LogP contribution >= 0.6 is 0 Å². The molecule has 2 amide bonds. The maximum atomic E-state index is 13.8. The topological polar surface area (TPSA) is 61.9 Å². The molecule has 2 saturated heterocycles. The zero-order valence-corrected chi connectivity index (χ0v) is 18.0. The molecule has 5 rings (SSSR count). The van der Waals surface area contributed by atoms with Crippen molar-refractivity contribution in [3.05, 3.63) is 53.6 Å². The second-order valence-electron chi connectivity index (χ2n) is 8.68. The first-order valence-electron chi connectivity index (χ1n) is 11.4. The van der Waals surface area contributed by atoms with Crippen molar-refractivity contribution in [2.45, 2.75) is 57.5 Å². The molecule has 6 heteroatoms. The molecule has 164 valence electrons. The quantitative estimate of drug-likeness (QED) is 0.763. The number of anilines is 3.